The zero-order chi connectivity index (χ0) is 25.6. The average Bonchev–Trinajstić information content (AvgIpc) is 2.91. The van der Waals surface area contributed by atoms with Crippen LogP contribution in [0.5, 0.6) is 11.5 Å². The molecule has 0 aliphatic rings. The Hall–Kier alpha value is -3.31. The van der Waals surface area contributed by atoms with Crippen LogP contribution in [0.15, 0.2) is 72.8 Å². The summed E-state index contributed by atoms with van der Waals surface area (Å²) in [6.45, 7) is 4.96. The number of carbonyl (C=O) groups is 1. The van der Waals surface area contributed by atoms with Crippen LogP contribution in [-0.4, -0.2) is 30.4 Å². The van der Waals surface area contributed by atoms with Gasteiger partial charge in [-0.15, -0.1) is 0 Å². The molecule has 0 spiro atoms. The smallest absolute Gasteiger partial charge is 0.338 e. The predicted octanol–water partition coefficient (Wildman–Crippen LogP) is 7.21. The second-order valence-electron chi connectivity index (χ2n) is 9.10. The molecule has 0 aromatic heterocycles. The van der Waals surface area contributed by atoms with E-state index in [4.69, 9.17) is 14.2 Å². The van der Waals surface area contributed by atoms with Crippen molar-refractivity contribution in [1.82, 2.24) is 0 Å². The number of hydrogen-bond acceptors (Lipinski definition) is 5. The fourth-order valence-electron chi connectivity index (χ4n) is 3.74. The van der Waals surface area contributed by atoms with Gasteiger partial charge in [-0.3, -0.25) is 0 Å². The molecule has 0 radical (unpaired) electrons. The second kappa shape index (κ2) is 14.9. The monoisotopic (exact) mass is 490 g/mol. The molecule has 0 saturated carbocycles. The largest absolute Gasteiger partial charge is 0.494 e. The van der Waals surface area contributed by atoms with Gasteiger partial charge in [-0.2, -0.15) is 0 Å². The van der Waals surface area contributed by atoms with Crippen LogP contribution in [0.4, 0.5) is 0 Å². The first kappa shape index (κ1) is 27.3. The summed E-state index contributed by atoms with van der Waals surface area (Å²) in [5, 5.41) is 9.23. The Bertz CT molecular complexity index is 1020. The van der Waals surface area contributed by atoms with Gasteiger partial charge in [-0.25, -0.2) is 4.79 Å². The Kier molecular flexibility index (Phi) is 11.3. The molecule has 0 heterocycles. The Balaban J connectivity index is 1.42. The lowest BCUT2D eigenvalue weighted by Crippen LogP contribution is -2.15. The molecule has 192 valence electrons. The highest BCUT2D eigenvalue weighted by molar-refractivity contribution is 5.89. The number of esters is 1. The normalized spacial score (nSPS) is 11.6. The number of benzene rings is 3. The molecular formula is C31H38O5. The number of rotatable bonds is 15. The lowest BCUT2D eigenvalue weighted by Gasteiger charge is -2.10. The summed E-state index contributed by atoms with van der Waals surface area (Å²) in [5.74, 6) is 1.24. The first-order chi connectivity index (χ1) is 17.5. The van der Waals surface area contributed by atoms with E-state index >= 15 is 0 Å². The van der Waals surface area contributed by atoms with Crippen LogP contribution in [0.2, 0.25) is 0 Å². The molecule has 1 N–H and O–H groups in total. The minimum absolute atomic E-state index is 0.0170. The van der Waals surface area contributed by atoms with E-state index in [1.807, 2.05) is 48.5 Å². The molecule has 0 fully saturated rings. The number of carbonyl (C=O) groups excluding carboxylic acids is 1. The average molecular weight is 491 g/mol. The van der Waals surface area contributed by atoms with Crippen LogP contribution in [0, 0.1) is 0 Å². The third-order valence-corrected chi connectivity index (χ3v) is 5.86. The van der Waals surface area contributed by atoms with Crippen molar-refractivity contribution >= 4 is 5.97 Å². The molecule has 0 saturated heterocycles. The highest BCUT2D eigenvalue weighted by atomic mass is 16.5. The predicted molar refractivity (Wildman–Crippen MR) is 143 cm³/mol. The van der Waals surface area contributed by atoms with E-state index in [0.717, 1.165) is 41.2 Å². The van der Waals surface area contributed by atoms with E-state index in [0.29, 0.717) is 12.2 Å². The minimum atomic E-state index is -0.680. The molecule has 1 unspecified atom stereocenters. The maximum atomic E-state index is 11.9. The summed E-state index contributed by atoms with van der Waals surface area (Å²) in [4.78, 5) is 11.9. The van der Waals surface area contributed by atoms with Gasteiger partial charge >= 0.3 is 5.97 Å². The maximum absolute atomic E-state index is 11.9. The lowest BCUT2D eigenvalue weighted by atomic mass is 10.1. The number of ether oxygens (including phenoxy) is 3. The molecule has 3 aromatic rings. The topological polar surface area (TPSA) is 65.0 Å². The maximum Gasteiger partial charge on any atom is 0.338 e. The molecule has 0 aliphatic carbocycles. The molecule has 0 bridgehead atoms. The first-order valence-electron chi connectivity index (χ1n) is 13.0. The van der Waals surface area contributed by atoms with E-state index in [-0.39, 0.29) is 6.61 Å². The van der Waals surface area contributed by atoms with Crippen molar-refractivity contribution in [3.63, 3.8) is 0 Å². The molecule has 3 aromatic carbocycles. The third-order valence-electron chi connectivity index (χ3n) is 5.86. The lowest BCUT2D eigenvalue weighted by molar-refractivity contribution is 0.0296. The van der Waals surface area contributed by atoms with Crippen LogP contribution >= 0.6 is 0 Å². The highest BCUT2D eigenvalue weighted by Crippen LogP contribution is 2.25. The standard InChI is InChI=1S/C31H38O5/c1-3-4-5-6-7-8-21-34-29-17-13-26(14-18-29)27-15-19-30(20-16-27)35-23-25-9-11-28(12-10-25)31(33)36-22-24(2)32/h9-20,24,32H,3-8,21-23H2,1-2H3. The van der Waals surface area contributed by atoms with E-state index < -0.39 is 12.1 Å². The summed E-state index contributed by atoms with van der Waals surface area (Å²) in [5.41, 5.74) is 3.64. The number of aliphatic hydroxyl groups excluding tert-OH is 1. The van der Waals surface area contributed by atoms with Crippen molar-refractivity contribution in [3.05, 3.63) is 83.9 Å². The van der Waals surface area contributed by atoms with Crippen molar-refractivity contribution in [2.24, 2.45) is 0 Å². The second-order valence-corrected chi connectivity index (χ2v) is 9.10. The Morgan fingerprint density at radius 2 is 1.31 bits per heavy atom. The van der Waals surface area contributed by atoms with Crippen molar-refractivity contribution in [2.75, 3.05) is 13.2 Å². The summed E-state index contributed by atoms with van der Waals surface area (Å²) < 4.78 is 16.8. The SMILES string of the molecule is CCCCCCCCOc1ccc(-c2ccc(OCc3ccc(C(=O)OCC(C)O)cc3)cc2)cc1. The summed E-state index contributed by atoms with van der Waals surface area (Å²) in [6, 6.07) is 23.3. The van der Waals surface area contributed by atoms with Crippen LogP contribution < -0.4 is 9.47 Å². The van der Waals surface area contributed by atoms with Crippen molar-refractivity contribution < 1.29 is 24.1 Å². The highest BCUT2D eigenvalue weighted by Gasteiger charge is 2.09. The molecule has 5 nitrogen and oxygen atoms in total. The zero-order valence-electron chi connectivity index (χ0n) is 21.4. The van der Waals surface area contributed by atoms with Gasteiger partial charge < -0.3 is 19.3 Å². The van der Waals surface area contributed by atoms with Gasteiger partial charge in [0, 0.05) is 0 Å². The van der Waals surface area contributed by atoms with Crippen LogP contribution in [0.3, 0.4) is 0 Å². The fraction of sp³-hybridized carbons (Fsp3) is 0.387. The van der Waals surface area contributed by atoms with E-state index in [9.17, 15) is 9.90 Å². The Labute approximate surface area is 215 Å². The van der Waals surface area contributed by atoms with Gasteiger partial charge in [0.25, 0.3) is 0 Å². The number of unbranched alkanes of at least 4 members (excludes halogenated alkanes) is 5. The van der Waals surface area contributed by atoms with Gasteiger partial charge in [0.05, 0.1) is 18.3 Å². The molecular weight excluding hydrogens is 452 g/mol. The molecule has 0 amide bonds. The van der Waals surface area contributed by atoms with Gasteiger partial charge in [0.1, 0.15) is 24.7 Å². The van der Waals surface area contributed by atoms with Crippen LogP contribution in [0.1, 0.15) is 68.3 Å². The van der Waals surface area contributed by atoms with Gasteiger partial charge in [-0.1, -0.05) is 75.4 Å². The molecule has 0 aliphatic heterocycles. The van der Waals surface area contributed by atoms with Gasteiger partial charge in [-0.05, 0) is 66.4 Å². The van der Waals surface area contributed by atoms with E-state index in [2.05, 4.69) is 19.1 Å². The third kappa shape index (κ3) is 9.38. The van der Waals surface area contributed by atoms with Crippen molar-refractivity contribution in [1.29, 1.82) is 0 Å². The van der Waals surface area contributed by atoms with Gasteiger partial charge in [0.2, 0.25) is 0 Å². The van der Waals surface area contributed by atoms with Crippen molar-refractivity contribution in [3.8, 4) is 22.6 Å². The minimum Gasteiger partial charge on any atom is -0.494 e. The van der Waals surface area contributed by atoms with E-state index in [1.165, 1.54) is 32.1 Å². The molecule has 3 rings (SSSR count). The number of hydrogen-bond donors (Lipinski definition) is 1. The van der Waals surface area contributed by atoms with E-state index in [1.54, 1.807) is 19.1 Å². The van der Waals surface area contributed by atoms with Crippen molar-refractivity contribution in [2.45, 2.75) is 65.1 Å². The molecule has 36 heavy (non-hydrogen) atoms. The summed E-state index contributed by atoms with van der Waals surface area (Å²) >= 11 is 0. The molecule has 1 atom stereocenters. The number of aliphatic hydroxyl groups is 1. The summed E-state index contributed by atoms with van der Waals surface area (Å²) in [7, 11) is 0. The Morgan fingerprint density at radius 1 is 0.750 bits per heavy atom. The quantitative estimate of drug-likeness (QED) is 0.180. The molecule has 5 heteroatoms. The zero-order valence-corrected chi connectivity index (χ0v) is 21.4. The van der Waals surface area contributed by atoms with Gasteiger partial charge in [0.15, 0.2) is 0 Å². The van der Waals surface area contributed by atoms with Crippen LogP contribution in [0.25, 0.3) is 11.1 Å². The summed E-state index contributed by atoms with van der Waals surface area (Å²) in [6.07, 6.45) is 6.89. The Morgan fingerprint density at radius 3 is 1.89 bits per heavy atom. The van der Waals surface area contributed by atoms with Crippen LogP contribution in [-0.2, 0) is 11.3 Å². The first-order valence-corrected chi connectivity index (χ1v) is 13.0. The fourth-order valence-corrected chi connectivity index (χ4v) is 3.74.